The summed E-state index contributed by atoms with van der Waals surface area (Å²) in [4.78, 5) is 43.4. The summed E-state index contributed by atoms with van der Waals surface area (Å²) in [6.07, 6.45) is 2.19. The molecule has 4 rings (SSSR count). The number of anilines is 3. The first-order chi connectivity index (χ1) is 17.3. The van der Waals surface area contributed by atoms with Gasteiger partial charge in [0.15, 0.2) is 0 Å². The van der Waals surface area contributed by atoms with Gasteiger partial charge in [-0.05, 0) is 61.3 Å². The number of rotatable bonds is 6. The molecule has 192 valence electrons. The van der Waals surface area contributed by atoms with Crippen LogP contribution < -0.4 is 20.9 Å². The van der Waals surface area contributed by atoms with E-state index in [0.717, 1.165) is 45.6 Å². The summed E-state index contributed by atoms with van der Waals surface area (Å²) in [5.74, 6) is -1.56. The van der Waals surface area contributed by atoms with Gasteiger partial charge in [-0.15, -0.1) is 0 Å². The second-order valence-electron chi connectivity index (χ2n) is 9.69. The lowest BCUT2D eigenvalue weighted by Crippen LogP contribution is -2.49. The highest BCUT2D eigenvalue weighted by molar-refractivity contribution is 6.39. The van der Waals surface area contributed by atoms with Crippen LogP contribution in [0.1, 0.15) is 30.5 Å². The van der Waals surface area contributed by atoms with Crippen LogP contribution in [-0.4, -0.2) is 80.9 Å². The summed E-state index contributed by atoms with van der Waals surface area (Å²) in [6, 6.07) is 13.2. The number of amides is 3. The number of nitrogens with one attached hydrogen (secondary N) is 3. The monoisotopic (exact) mass is 492 g/mol. The Hall–Kier alpha value is -3.43. The summed E-state index contributed by atoms with van der Waals surface area (Å²) < 4.78 is 0. The predicted molar refractivity (Wildman–Crippen MR) is 142 cm³/mol. The minimum Gasteiger partial charge on any atom is -0.374 e. The zero-order chi connectivity index (χ0) is 25.7. The lowest BCUT2D eigenvalue weighted by Gasteiger charge is -2.39. The van der Waals surface area contributed by atoms with Crippen molar-refractivity contribution in [1.82, 2.24) is 15.1 Å². The summed E-state index contributed by atoms with van der Waals surface area (Å²) >= 11 is 0. The fraction of sp³-hybridized carbons (Fsp3) is 0.444. The molecule has 1 unspecified atom stereocenters. The highest BCUT2D eigenvalue weighted by Crippen LogP contribution is 2.31. The van der Waals surface area contributed by atoms with Crippen LogP contribution in [0.3, 0.4) is 0 Å². The van der Waals surface area contributed by atoms with E-state index in [0.29, 0.717) is 17.9 Å². The van der Waals surface area contributed by atoms with E-state index in [-0.39, 0.29) is 11.9 Å². The molecule has 1 fully saturated rings. The van der Waals surface area contributed by atoms with E-state index in [2.05, 4.69) is 62.9 Å². The smallest absolute Gasteiger partial charge is 0.313 e. The average Bonchev–Trinajstić information content (AvgIpc) is 2.86. The average molecular weight is 493 g/mol. The van der Waals surface area contributed by atoms with Crippen molar-refractivity contribution in [1.29, 1.82) is 0 Å². The number of carbonyl (C=O) groups is 3. The molecule has 9 nitrogen and oxygen atoms in total. The molecule has 36 heavy (non-hydrogen) atoms. The van der Waals surface area contributed by atoms with E-state index in [4.69, 9.17) is 0 Å². The van der Waals surface area contributed by atoms with Gasteiger partial charge in [-0.3, -0.25) is 19.3 Å². The van der Waals surface area contributed by atoms with Crippen LogP contribution in [0.5, 0.6) is 0 Å². The van der Waals surface area contributed by atoms with Crippen molar-refractivity contribution in [3.8, 4) is 0 Å². The molecule has 0 saturated carbocycles. The summed E-state index contributed by atoms with van der Waals surface area (Å²) in [5, 5.41) is 8.16. The Balaban J connectivity index is 1.42. The first kappa shape index (κ1) is 25.7. The maximum atomic E-state index is 12.7. The van der Waals surface area contributed by atoms with Crippen molar-refractivity contribution >= 4 is 34.8 Å². The second kappa shape index (κ2) is 11.5. The largest absolute Gasteiger partial charge is 0.374 e. The highest BCUT2D eigenvalue weighted by Gasteiger charge is 2.27. The lowest BCUT2D eigenvalue weighted by molar-refractivity contribution is -0.136. The Kier molecular flexibility index (Phi) is 8.22. The Morgan fingerprint density at radius 1 is 0.861 bits per heavy atom. The number of fused-ring (bicyclic) bond motifs is 1. The van der Waals surface area contributed by atoms with Gasteiger partial charge in [0.05, 0.1) is 6.04 Å². The molecule has 2 aliphatic heterocycles. The molecule has 3 N–H and O–H groups in total. The predicted octanol–water partition coefficient (Wildman–Crippen LogP) is 2.07. The topological polar surface area (TPSA) is 97.0 Å². The molecule has 2 aromatic rings. The molecule has 0 aromatic heterocycles. The Bertz CT molecular complexity index is 1100. The van der Waals surface area contributed by atoms with Crippen LogP contribution in [-0.2, 0) is 20.8 Å². The molecular formula is C27H36N6O3. The third kappa shape index (κ3) is 6.41. The number of hydrogen-bond acceptors (Lipinski definition) is 6. The highest BCUT2D eigenvalue weighted by atomic mass is 16.2. The summed E-state index contributed by atoms with van der Waals surface area (Å²) in [5.41, 5.74) is 4.89. The molecule has 2 heterocycles. The number of carbonyl (C=O) groups excluding carboxylic acids is 3. The molecular weight excluding hydrogens is 456 g/mol. The molecule has 1 atom stereocenters. The maximum absolute atomic E-state index is 12.7. The zero-order valence-electron chi connectivity index (χ0n) is 21.3. The number of aryl methyl sites for hydroxylation is 1. The van der Waals surface area contributed by atoms with Gasteiger partial charge in [-0.2, -0.15) is 0 Å². The number of benzene rings is 2. The van der Waals surface area contributed by atoms with Gasteiger partial charge in [0.25, 0.3) is 0 Å². The molecule has 2 aliphatic rings. The molecule has 0 radical (unpaired) electrons. The van der Waals surface area contributed by atoms with Gasteiger partial charge in [-0.1, -0.05) is 12.1 Å². The van der Waals surface area contributed by atoms with Gasteiger partial charge in [0, 0.05) is 70.3 Å². The molecule has 0 aliphatic carbocycles. The van der Waals surface area contributed by atoms with Crippen molar-refractivity contribution < 1.29 is 14.4 Å². The Morgan fingerprint density at radius 2 is 1.53 bits per heavy atom. The normalized spacial score (nSPS) is 17.1. The molecule has 0 spiro atoms. The molecule has 0 bridgehead atoms. The fourth-order valence-electron chi connectivity index (χ4n) is 4.90. The quantitative estimate of drug-likeness (QED) is 0.535. The van der Waals surface area contributed by atoms with Crippen LogP contribution in [0.15, 0.2) is 42.5 Å². The van der Waals surface area contributed by atoms with Crippen molar-refractivity contribution in [2.24, 2.45) is 0 Å². The van der Waals surface area contributed by atoms with Crippen LogP contribution >= 0.6 is 0 Å². The van der Waals surface area contributed by atoms with Crippen LogP contribution in [0.4, 0.5) is 17.1 Å². The fourth-order valence-corrected chi connectivity index (χ4v) is 4.90. The van der Waals surface area contributed by atoms with Gasteiger partial charge in [0.1, 0.15) is 0 Å². The van der Waals surface area contributed by atoms with E-state index < -0.39 is 11.8 Å². The van der Waals surface area contributed by atoms with Crippen LogP contribution in [0.2, 0.25) is 0 Å². The standard InChI is InChI=1S/C27H36N6O3/c1-19(34)29-22-7-9-23(10-8-22)30-27(36)26(35)28-18-25(33-15-13-31(2)14-16-33)21-6-11-24-20(17-21)5-4-12-32(24)3/h6-11,17,25H,4-5,12-16,18H2,1-3H3,(H,28,35)(H,29,34)(H,30,36). The van der Waals surface area contributed by atoms with Crippen LogP contribution in [0.25, 0.3) is 0 Å². The van der Waals surface area contributed by atoms with E-state index in [1.165, 1.54) is 23.7 Å². The molecule has 2 aromatic carbocycles. The number of hydrogen-bond donors (Lipinski definition) is 3. The van der Waals surface area contributed by atoms with E-state index >= 15 is 0 Å². The Morgan fingerprint density at radius 3 is 2.19 bits per heavy atom. The summed E-state index contributed by atoms with van der Waals surface area (Å²) in [7, 11) is 4.25. The van der Waals surface area contributed by atoms with Gasteiger partial charge >= 0.3 is 11.8 Å². The van der Waals surface area contributed by atoms with E-state index in [9.17, 15) is 14.4 Å². The van der Waals surface area contributed by atoms with Crippen molar-refractivity contribution in [3.05, 3.63) is 53.6 Å². The van der Waals surface area contributed by atoms with Crippen molar-refractivity contribution in [2.45, 2.75) is 25.8 Å². The molecule has 9 heteroatoms. The van der Waals surface area contributed by atoms with Gasteiger partial charge < -0.3 is 25.8 Å². The number of likely N-dealkylation sites (N-methyl/N-ethyl adjacent to an activating group) is 1. The van der Waals surface area contributed by atoms with Crippen molar-refractivity contribution in [3.63, 3.8) is 0 Å². The molecule has 3 amide bonds. The van der Waals surface area contributed by atoms with E-state index in [1.807, 2.05) is 0 Å². The zero-order valence-corrected chi connectivity index (χ0v) is 21.3. The third-order valence-corrected chi connectivity index (χ3v) is 6.94. The lowest BCUT2D eigenvalue weighted by atomic mass is 9.95. The first-order valence-electron chi connectivity index (χ1n) is 12.5. The summed E-state index contributed by atoms with van der Waals surface area (Å²) in [6.45, 7) is 6.58. The molecule has 1 saturated heterocycles. The second-order valence-corrected chi connectivity index (χ2v) is 9.69. The third-order valence-electron chi connectivity index (χ3n) is 6.94. The van der Waals surface area contributed by atoms with Crippen LogP contribution in [0, 0.1) is 0 Å². The Labute approximate surface area is 212 Å². The minimum atomic E-state index is -0.716. The number of piperazine rings is 1. The minimum absolute atomic E-state index is 0.00933. The maximum Gasteiger partial charge on any atom is 0.313 e. The van der Waals surface area contributed by atoms with E-state index in [1.54, 1.807) is 24.3 Å². The SMILES string of the molecule is CC(=O)Nc1ccc(NC(=O)C(=O)NCC(c2ccc3c(c2)CCCN3C)N2CCN(C)CC2)cc1. The first-order valence-corrected chi connectivity index (χ1v) is 12.5. The van der Waals surface area contributed by atoms with Gasteiger partial charge in [0.2, 0.25) is 5.91 Å². The van der Waals surface area contributed by atoms with Crippen molar-refractivity contribution in [2.75, 3.05) is 68.9 Å². The number of nitrogens with zero attached hydrogens (tertiary/aromatic N) is 3. The van der Waals surface area contributed by atoms with Gasteiger partial charge in [-0.25, -0.2) is 0 Å².